The predicted molar refractivity (Wildman–Crippen MR) is 107 cm³/mol. The van der Waals surface area contributed by atoms with E-state index >= 15 is 0 Å². The highest BCUT2D eigenvalue weighted by molar-refractivity contribution is 9.10. The summed E-state index contributed by atoms with van der Waals surface area (Å²) in [4.78, 5) is 12.2. The molecular formula is C20H21BrN2O3. The van der Waals surface area contributed by atoms with Gasteiger partial charge >= 0.3 is 0 Å². The summed E-state index contributed by atoms with van der Waals surface area (Å²) in [6, 6.07) is 12.5. The molecule has 2 rings (SSSR count). The van der Waals surface area contributed by atoms with Crippen molar-refractivity contribution < 1.29 is 14.3 Å². The zero-order valence-corrected chi connectivity index (χ0v) is 16.2. The molecule has 0 aromatic heterocycles. The molecule has 5 nitrogen and oxygen atoms in total. The van der Waals surface area contributed by atoms with E-state index in [4.69, 9.17) is 9.47 Å². The van der Waals surface area contributed by atoms with Gasteiger partial charge in [0.05, 0.1) is 12.8 Å². The number of hydrazone groups is 1. The Labute approximate surface area is 161 Å². The van der Waals surface area contributed by atoms with Crippen molar-refractivity contribution in [1.29, 1.82) is 0 Å². The third-order valence-electron chi connectivity index (χ3n) is 3.29. The van der Waals surface area contributed by atoms with E-state index in [-0.39, 0.29) is 5.91 Å². The van der Waals surface area contributed by atoms with Crippen LogP contribution in [0, 0.1) is 0 Å². The molecule has 136 valence electrons. The van der Waals surface area contributed by atoms with Gasteiger partial charge in [0.15, 0.2) is 0 Å². The van der Waals surface area contributed by atoms with Gasteiger partial charge in [-0.2, -0.15) is 5.10 Å². The molecule has 0 aliphatic heterocycles. The maximum Gasteiger partial charge on any atom is 0.271 e. The van der Waals surface area contributed by atoms with E-state index in [0.717, 1.165) is 22.2 Å². The summed E-state index contributed by atoms with van der Waals surface area (Å²) in [6.45, 7) is 6.68. The molecule has 0 radical (unpaired) electrons. The molecule has 0 fully saturated rings. The zero-order valence-electron chi connectivity index (χ0n) is 14.6. The Morgan fingerprint density at radius 1 is 1.23 bits per heavy atom. The number of halogens is 1. The Balaban J connectivity index is 2.00. The van der Waals surface area contributed by atoms with Gasteiger partial charge in [0.25, 0.3) is 5.91 Å². The van der Waals surface area contributed by atoms with Gasteiger partial charge in [-0.1, -0.05) is 35.5 Å². The average Bonchev–Trinajstić information content (AvgIpc) is 2.66. The summed E-state index contributed by atoms with van der Waals surface area (Å²) in [7, 11) is 0. The number of hydrogen-bond donors (Lipinski definition) is 1. The monoisotopic (exact) mass is 416 g/mol. The second-order valence-electron chi connectivity index (χ2n) is 5.35. The smallest absolute Gasteiger partial charge is 0.271 e. The highest BCUT2D eigenvalue weighted by Gasteiger charge is 2.06. The first kappa shape index (κ1) is 19.7. The van der Waals surface area contributed by atoms with Gasteiger partial charge in [-0.25, -0.2) is 5.43 Å². The van der Waals surface area contributed by atoms with E-state index in [1.165, 1.54) is 0 Å². The van der Waals surface area contributed by atoms with E-state index < -0.39 is 0 Å². The summed E-state index contributed by atoms with van der Waals surface area (Å²) in [5.74, 6) is 1.09. The molecule has 1 amide bonds. The van der Waals surface area contributed by atoms with E-state index in [0.29, 0.717) is 24.5 Å². The maximum atomic E-state index is 12.2. The van der Waals surface area contributed by atoms with Gasteiger partial charge in [-0.05, 0) is 48.9 Å². The van der Waals surface area contributed by atoms with Crippen molar-refractivity contribution in [3.63, 3.8) is 0 Å². The molecule has 26 heavy (non-hydrogen) atoms. The van der Waals surface area contributed by atoms with E-state index in [1.807, 2.05) is 25.1 Å². The first-order valence-corrected chi connectivity index (χ1v) is 9.03. The summed E-state index contributed by atoms with van der Waals surface area (Å²) in [6.07, 6.45) is 4.14. The molecule has 6 heteroatoms. The lowest BCUT2D eigenvalue weighted by molar-refractivity contribution is 0.0955. The predicted octanol–water partition coefficient (Wildman–Crippen LogP) is 4.57. The molecule has 0 saturated carbocycles. The van der Waals surface area contributed by atoms with Crippen LogP contribution in [0.5, 0.6) is 11.5 Å². The van der Waals surface area contributed by atoms with Gasteiger partial charge in [0, 0.05) is 15.6 Å². The standard InChI is InChI=1S/C20H21BrN2O3/c1-3-11-25-18-8-5-15(6-9-18)20(24)23-22-14-16-13-17(21)7-10-19(16)26-12-4-2/h3,5-10,13-14H,1,4,11-12H2,2H3,(H,23,24). The molecule has 0 bridgehead atoms. The number of nitrogens with zero attached hydrogens (tertiary/aromatic N) is 1. The number of carbonyl (C=O) groups is 1. The topological polar surface area (TPSA) is 59.9 Å². The fourth-order valence-electron chi connectivity index (χ4n) is 2.05. The number of ether oxygens (including phenoxy) is 2. The van der Waals surface area contributed by atoms with Crippen LogP contribution in [0.15, 0.2) is 64.7 Å². The highest BCUT2D eigenvalue weighted by Crippen LogP contribution is 2.22. The van der Waals surface area contributed by atoms with Crippen LogP contribution in [0.4, 0.5) is 0 Å². The lowest BCUT2D eigenvalue weighted by atomic mass is 10.2. The van der Waals surface area contributed by atoms with Crippen LogP contribution in [0.25, 0.3) is 0 Å². The third kappa shape index (κ3) is 6.04. The normalized spacial score (nSPS) is 10.5. The van der Waals surface area contributed by atoms with Crippen LogP contribution < -0.4 is 14.9 Å². The van der Waals surface area contributed by atoms with E-state index in [1.54, 1.807) is 36.6 Å². The Kier molecular flexibility index (Phi) is 7.89. The second-order valence-corrected chi connectivity index (χ2v) is 6.27. The van der Waals surface area contributed by atoms with Gasteiger partial charge in [0.1, 0.15) is 18.1 Å². The minimum Gasteiger partial charge on any atom is -0.493 e. The van der Waals surface area contributed by atoms with Gasteiger partial charge in [-0.3, -0.25) is 4.79 Å². The Bertz CT molecular complexity index is 773. The lowest BCUT2D eigenvalue weighted by Crippen LogP contribution is -2.17. The van der Waals surface area contributed by atoms with Crippen LogP contribution in [-0.4, -0.2) is 25.3 Å². The summed E-state index contributed by atoms with van der Waals surface area (Å²) in [5.41, 5.74) is 3.79. The molecule has 1 N–H and O–H groups in total. The average molecular weight is 417 g/mol. The van der Waals surface area contributed by atoms with E-state index in [9.17, 15) is 4.79 Å². The summed E-state index contributed by atoms with van der Waals surface area (Å²) >= 11 is 3.42. The van der Waals surface area contributed by atoms with Crippen LogP contribution in [0.3, 0.4) is 0 Å². The fraction of sp³-hybridized carbons (Fsp3) is 0.200. The van der Waals surface area contributed by atoms with Crippen molar-refractivity contribution in [3.8, 4) is 11.5 Å². The van der Waals surface area contributed by atoms with Crippen LogP contribution in [0.2, 0.25) is 0 Å². The first-order chi connectivity index (χ1) is 12.6. The van der Waals surface area contributed by atoms with Crippen molar-refractivity contribution >= 4 is 28.1 Å². The van der Waals surface area contributed by atoms with Gasteiger partial charge in [-0.15, -0.1) is 0 Å². The number of carbonyl (C=O) groups excluding carboxylic acids is 1. The largest absolute Gasteiger partial charge is 0.493 e. The number of amides is 1. The maximum absolute atomic E-state index is 12.2. The van der Waals surface area contributed by atoms with Crippen LogP contribution in [0.1, 0.15) is 29.3 Å². The Morgan fingerprint density at radius 2 is 2.00 bits per heavy atom. The molecule has 0 atom stereocenters. The van der Waals surface area contributed by atoms with Crippen molar-refractivity contribution in [1.82, 2.24) is 5.43 Å². The molecule has 0 aliphatic carbocycles. The lowest BCUT2D eigenvalue weighted by Gasteiger charge is -2.08. The number of hydrogen-bond acceptors (Lipinski definition) is 4. The minimum absolute atomic E-state index is 0.303. The fourth-order valence-corrected chi connectivity index (χ4v) is 2.43. The molecule has 0 saturated heterocycles. The zero-order chi connectivity index (χ0) is 18.8. The number of benzene rings is 2. The van der Waals surface area contributed by atoms with E-state index in [2.05, 4.69) is 33.0 Å². The van der Waals surface area contributed by atoms with Crippen molar-refractivity contribution in [2.75, 3.05) is 13.2 Å². The molecule has 2 aromatic rings. The molecular weight excluding hydrogens is 396 g/mol. The highest BCUT2D eigenvalue weighted by atomic mass is 79.9. The van der Waals surface area contributed by atoms with Crippen molar-refractivity contribution in [2.45, 2.75) is 13.3 Å². The SMILES string of the molecule is C=CCOc1ccc(C(=O)NN=Cc2cc(Br)ccc2OCCC)cc1. The second kappa shape index (κ2) is 10.4. The first-order valence-electron chi connectivity index (χ1n) is 8.23. The molecule has 2 aromatic carbocycles. The molecule has 0 aliphatic rings. The minimum atomic E-state index is -0.303. The quantitative estimate of drug-likeness (QED) is 0.370. The summed E-state index contributed by atoms with van der Waals surface area (Å²) in [5, 5.41) is 4.03. The Morgan fingerprint density at radius 3 is 2.69 bits per heavy atom. The molecule has 0 heterocycles. The number of nitrogens with one attached hydrogen (secondary N) is 1. The summed E-state index contributed by atoms with van der Waals surface area (Å²) < 4.78 is 12.0. The van der Waals surface area contributed by atoms with Gasteiger partial charge in [0.2, 0.25) is 0 Å². The third-order valence-corrected chi connectivity index (χ3v) is 3.78. The van der Waals surface area contributed by atoms with Crippen LogP contribution >= 0.6 is 15.9 Å². The molecule has 0 spiro atoms. The van der Waals surface area contributed by atoms with Crippen molar-refractivity contribution in [3.05, 3.63) is 70.7 Å². The van der Waals surface area contributed by atoms with Crippen LogP contribution in [-0.2, 0) is 0 Å². The Hall–Kier alpha value is -2.60. The number of rotatable bonds is 9. The van der Waals surface area contributed by atoms with Gasteiger partial charge < -0.3 is 9.47 Å². The molecule has 0 unspecified atom stereocenters. The van der Waals surface area contributed by atoms with Crippen molar-refractivity contribution in [2.24, 2.45) is 5.10 Å².